The molecule has 0 aliphatic rings. The second-order valence-electron chi connectivity index (χ2n) is 2.99. The van der Waals surface area contributed by atoms with Gasteiger partial charge in [-0.15, -0.1) is 35.6 Å². The van der Waals surface area contributed by atoms with Gasteiger partial charge >= 0.3 is 0 Å². The highest BCUT2D eigenvalue weighted by Gasteiger charge is 2.07. The van der Waals surface area contributed by atoms with Crippen LogP contribution in [0, 0.1) is 0 Å². The van der Waals surface area contributed by atoms with Crippen molar-refractivity contribution >= 4 is 45.7 Å². The Balaban J connectivity index is 2.74. The molecule has 0 aliphatic carbocycles. The molecule has 0 saturated carbocycles. The highest BCUT2D eigenvalue weighted by atomic mass is 35.5. The Kier molecular flexibility index (Phi) is 3.02. The fourth-order valence-corrected chi connectivity index (χ4v) is 3.08. The van der Waals surface area contributed by atoms with Crippen LogP contribution in [-0.2, 0) is 12.5 Å². The molecule has 0 amide bonds. The number of hydrogen-bond acceptors (Lipinski definition) is 3. The Morgan fingerprint density at radius 1 is 1.43 bits per heavy atom. The number of aliphatic hydroxyl groups is 1. The molecule has 2 aromatic rings. The minimum atomic E-state index is 0.0777. The summed E-state index contributed by atoms with van der Waals surface area (Å²) in [5.41, 5.74) is 1.10. The molecule has 0 atom stereocenters. The topological polar surface area (TPSA) is 20.2 Å². The Morgan fingerprint density at radius 2 is 2.21 bits per heavy atom. The van der Waals surface area contributed by atoms with E-state index in [2.05, 4.69) is 12.6 Å². The lowest BCUT2D eigenvalue weighted by Gasteiger charge is -1.99. The van der Waals surface area contributed by atoms with Crippen LogP contribution in [0.5, 0.6) is 0 Å². The molecule has 4 heteroatoms. The molecule has 2 rings (SSSR count). The summed E-state index contributed by atoms with van der Waals surface area (Å²) in [5.74, 6) is 0.496. The number of aliphatic hydroxyl groups excluding tert-OH is 1. The van der Waals surface area contributed by atoms with Gasteiger partial charge in [-0.3, -0.25) is 0 Å². The van der Waals surface area contributed by atoms with E-state index < -0.39 is 0 Å². The van der Waals surface area contributed by atoms with E-state index in [-0.39, 0.29) is 6.61 Å². The fourth-order valence-electron chi connectivity index (χ4n) is 1.40. The van der Waals surface area contributed by atoms with Crippen molar-refractivity contribution < 1.29 is 5.11 Å². The Bertz CT molecular complexity index is 464. The predicted octanol–water partition coefficient (Wildman–Crippen LogP) is 3.42. The lowest BCUT2D eigenvalue weighted by atomic mass is 10.2. The van der Waals surface area contributed by atoms with E-state index in [1.807, 2.05) is 18.2 Å². The molecule has 14 heavy (non-hydrogen) atoms. The van der Waals surface area contributed by atoms with E-state index >= 15 is 0 Å². The number of thiophene rings is 1. The van der Waals surface area contributed by atoms with Gasteiger partial charge in [0, 0.05) is 25.7 Å². The van der Waals surface area contributed by atoms with E-state index in [0.29, 0.717) is 5.88 Å². The van der Waals surface area contributed by atoms with Crippen molar-refractivity contribution in [3.63, 3.8) is 0 Å². The normalized spacial score (nSPS) is 11.1. The van der Waals surface area contributed by atoms with Crippen LogP contribution in [0.4, 0.5) is 0 Å². The highest BCUT2D eigenvalue weighted by Crippen LogP contribution is 2.33. The van der Waals surface area contributed by atoms with Crippen molar-refractivity contribution in [2.24, 2.45) is 0 Å². The van der Waals surface area contributed by atoms with Gasteiger partial charge in [-0.1, -0.05) is 6.07 Å². The van der Waals surface area contributed by atoms with Gasteiger partial charge in [-0.2, -0.15) is 0 Å². The molecular weight excluding hydrogens is 236 g/mol. The van der Waals surface area contributed by atoms with Crippen LogP contribution in [0.25, 0.3) is 10.1 Å². The third-order valence-electron chi connectivity index (χ3n) is 2.09. The molecule has 1 nitrogen and oxygen atoms in total. The molecule has 0 radical (unpaired) electrons. The lowest BCUT2D eigenvalue weighted by molar-refractivity contribution is 0.285. The summed E-state index contributed by atoms with van der Waals surface area (Å²) in [7, 11) is 0. The molecule has 74 valence electrons. The van der Waals surface area contributed by atoms with Crippen molar-refractivity contribution in [3.8, 4) is 0 Å². The van der Waals surface area contributed by atoms with Crippen LogP contribution in [-0.4, -0.2) is 5.11 Å². The molecule has 0 aliphatic heterocycles. The third kappa shape index (κ3) is 1.65. The molecule has 0 saturated heterocycles. The van der Waals surface area contributed by atoms with Crippen LogP contribution in [0.2, 0.25) is 0 Å². The minimum Gasteiger partial charge on any atom is -0.391 e. The largest absolute Gasteiger partial charge is 0.391 e. The number of fused-ring (bicyclic) bond motifs is 1. The molecule has 1 aromatic heterocycles. The Morgan fingerprint density at radius 3 is 2.86 bits per heavy atom. The van der Waals surface area contributed by atoms with E-state index in [1.165, 1.54) is 0 Å². The number of thiol groups is 1. The zero-order valence-corrected chi connectivity index (χ0v) is 9.79. The van der Waals surface area contributed by atoms with Crippen molar-refractivity contribution in [1.82, 2.24) is 0 Å². The maximum atomic E-state index is 9.05. The maximum absolute atomic E-state index is 9.05. The number of alkyl halides is 1. The quantitative estimate of drug-likeness (QED) is 0.613. The Labute approximate surface area is 96.7 Å². The van der Waals surface area contributed by atoms with Crippen molar-refractivity contribution in [2.75, 3.05) is 0 Å². The molecule has 1 aromatic carbocycles. The van der Waals surface area contributed by atoms with E-state index in [0.717, 1.165) is 25.4 Å². The summed E-state index contributed by atoms with van der Waals surface area (Å²) in [6.45, 7) is 0.0777. The van der Waals surface area contributed by atoms with Gasteiger partial charge in [0.15, 0.2) is 0 Å². The van der Waals surface area contributed by atoms with Gasteiger partial charge in [0.1, 0.15) is 0 Å². The summed E-state index contributed by atoms with van der Waals surface area (Å²) in [6, 6.07) is 5.89. The van der Waals surface area contributed by atoms with Gasteiger partial charge in [-0.05, 0) is 17.7 Å². The number of halogens is 1. The van der Waals surface area contributed by atoms with Crippen molar-refractivity contribution in [3.05, 3.63) is 28.6 Å². The minimum absolute atomic E-state index is 0.0777. The van der Waals surface area contributed by atoms with Gasteiger partial charge in [-0.25, -0.2) is 0 Å². The molecule has 0 unspecified atom stereocenters. The summed E-state index contributed by atoms with van der Waals surface area (Å²) >= 11 is 11.8. The molecule has 1 N–H and O–H groups in total. The van der Waals surface area contributed by atoms with Crippen LogP contribution < -0.4 is 0 Å². The zero-order valence-electron chi connectivity index (χ0n) is 7.33. The summed E-state index contributed by atoms with van der Waals surface area (Å²) in [5, 5.41) is 10.1. The molecule has 0 spiro atoms. The van der Waals surface area contributed by atoms with E-state index in [4.69, 9.17) is 16.7 Å². The maximum Gasteiger partial charge on any atom is 0.0774 e. The van der Waals surface area contributed by atoms with Crippen LogP contribution in [0.3, 0.4) is 0 Å². The predicted molar refractivity (Wildman–Crippen MR) is 64.6 cm³/mol. The van der Waals surface area contributed by atoms with Crippen LogP contribution >= 0.6 is 35.6 Å². The number of rotatable bonds is 2. The molecule has 0 fully saturated rings. The van der Waals surface area contributed by atoms with E-state index in [9.17, 15) is 0 Å². The van der Waals surface area contributed by atoms with Crippen LogP contribution in [0.15, 0.2) is 23.1 Å². The van der Waals surface area contributed by atoms with Crippen LogP contribution in [0.1, 0.15) is 10.4 Å². The van der Waals surface area contributed by atoms with E-state index in [1.54, 1.807) is 11.3 Å². The van der Waals surface area contributed by atoms with Gasteiger partial charge in [0.05, 0.1) is 6.61 Å². The van der Waals surface area contributed by atoms with Gasteiger partial charge in [0.2, 0.25) is 0 Å². The second-order valence-corrected chi connectivity index (χ2v) is 4.88. The summed E-state index contributed by atoms with van der Waals surface area (Å²) in [6.07, 6.45) is 0. The SMILES string of the molecule is OCc1cc2c(S)ccc(CCl)c2s1. The lowest BCUT2D eigenvalue weighted by Crippen LogP contribution is -1.77. The fraction of sp³-hybridized carbons (Fsp3) is 0.200. The number of benzene rings is 1. The second kappa shape index (κ2) is 4.11. The number of hydrogen-bond donors (Lipinski definition) is 2. The zero-order chi connectivity index (χ0) is 10.1. The standard InChI is InChI=1S/C10H9ClOS2/c11-4-6-1-2-9(13)8-3-7(5-12)14-10(6)8/h1-3,12-13H,4-5H2. The monoisotopic (exact) mass is 244 g/mol. The molecule has 0 bridgehead atoms. The first-order chi connectivity index (χ1) is 6.76. The first kappa shape index (κ1) is 10.3. The smallest absolute Gasteiger partial charge is 0.0774 e. The average Bonchev–Trinajstić information content (AvgIpc) is 2.63. The highest BCUT2D eigenvalue weighted by molar-refractivity contribution is 7.80. The first-order valence-electron chi connectivity index (χ1n) is 4.16. The van der Waals surface area contributed by atoms with Crippen molar-refractivity contribution in [1.29, 1.82) is 0 Å². The molecule has 1 heterocycles. The Hall–Kier alpha value is -0.220. The summed E-state index contributed by atoms with van der Waals surface area (Å²) < 4.78 is 1.14. The third-order valence-corrected chi connectivity index (χ3v) is 3.97. The van der Waals surface area contributed by atoms with Gasteiger partial charge < -0.3 is 5.11 Å². The average molecular weight is 245 g/mol. The van der Waals surface area contributed by atoms with Crippen molar-refractivity contribution in [2.45, 2.75) is 17.4 Å². The summed E-state index contributed by atoms with van der Waals surface area (Å²) in [4.78, 5) is 1.89. The molecular formula is C10H9ClOS2. The van der Waals surface area contributed by atoms with Gasteiger partial charge in [0.25, 0.3) is 0 Å². The first-order valence-corrected chi connectivity index (χ1v) is 5.96.